The fraction of sp³-hybridized carbons (Fsp3) is 0.833. The Labute approximate surface area is 102 Å². The van der Waals surface area contributed by atoms with Crippen LogP contribution in [-0.4, -0.2) is 47.6 Å². The zero-order valence-corrected chi connectivity index (χ0v) is 10.8. The van der Waals surface area contributed by atoms with Crippen LogP contribution >= 0.6 is 0 Å². The lowest BCUT2D eigenvalue weighted by Crippen LogP contribution is -2.40. The van der Waals surface area contributed by atoms with Crippen molar-refractivity contribution in [3.8, 4) is 0 Å². The van der Waals surface area contributed by atoms with Crippen molar-refractivity contribution in [2.24, 2.45) is 11.8 Å². The number of hydrogen-bond donors (Lipinski definition) is 2. The van der Waals surface area contributed by atoms with E-state index in [1.54, 1.807) is 4.90 Å². The van der Waals surface area contributed by atoms with Crippen LogP contribution in [0, 0.1) is 11.8 Å². The summed E-state index contributed by atoms with van der Waals surface area (Å²) < 4.78 is 0. The lowest BCUT2D eigenvalue weighted by molar-refractivity contribution is -0.142. The summed E-state index contributed by atoms with van der Waals surface area (Å²) in [6, 6.07) is 0.314. The molecule has 1 aliphatic rings. The fourth-order valence-electron chi connectivity index (χ4n) is 2.01. The zero-order valence-electron chi connectivity index (χ0n) is 10.8. The molecule has 0 radical (unpaired) electrons. The first-order valence-corrected chi connectivity index (χ1v) is 6.19. The number of rotatable bonds is 5. The average molecular weight is 242 g/mol. The molecule has 5 heteroatoms. The van der Waals surface area contributed by atoms with Gasteiger partial charge in [0.15, 0.2) is 0 Å². The summed E-state index contributed by atoms with van der Waals surface area (Å²) in [7, 11) is 0. The van der Waals surface area contributed by atoms with Gasteiger partial charge in [-0.2, -0.15) is 0 Å². The van der Waals surface area contributed by atoms with Gasteiger partial charge in [0.2, 0.25) is 5.91 Å². The van der Waals surface area contributed by atoms with E-state index in [1.807, 2.05) is 13.8 Å². The number of aliphatic carboxylic acids is 1. The second-order valence-electron chi connectivity index (χ2n) is 4.91. The third-order valence-corrected chi connectivity index (χ3v) is 3.50. The van der Waals surface area contributed by atoms with Crippen molar-refractivity contribution in [2.45, 2.75) is 33.2 Å². The summed E-state index contributed by atoms with van der Waals surface area (Å²) in [5.41, 5.74) is 0. The maximum atomic E-state index is 11.8. The Morgan fingerprint density at radius 2 is 2.12 bits per heavy atom. The first kappa shape index (κ1) is 14.0. The minimum absolute atomic E-state index is 0.000833. The fourth-order valence-corrected chi connectivity index (χ4v) is 2.01. The number of nitrogens with zero attached hydrogens (tertiary/aromatic N) is 1. The Morgan fingerprint density at radius 3 is 2.59 bits per heavy atom. The molecular weight excluding hydrogens is 220 g/mol. The van der Waals surface area contributed by atoms with E-state index < -0.39 is 11.9 Å². The van der Waals surface area contributed by atoms with Crippen molar-refractivity contribution in [2.75, 3.05) is 19.6 Å². The van der Waals surface area contributed by atoms with E-state index >= 15 is 0 Å². The van der Waals surface area contributed by atoms with Crippen molar-refractivity contribution in [3.05, 3.63) is 0 Å². The summed E-state index contributed by atoms with van der Waals surface area (Å²) in [5, 5.41) is 12.1. The van der Waals surface area contributed by atoms with Crippen molar-refractivity contribution >= 4 is 11.9 Å². The highest BCUT2D eigenvalue weighted by molar-refractivity contribution is 5.80. The third kappa shape index (κ3) is 3.70. The summed E-state index contributed by atoms with van der Waals surface area (Å²) in [6.45, 7) is 7.16. The number of carbonyl (C=O) groups is 2. The van der Waals surface area contributed by atoms with Crippen molar-refractivity contribution in [3.63, 3.8) is 0 Å². The molecule has 1 rings (SSSR count). The van der Waals surface area contributed by atoms with Gasteiger partial charge in [-0.05, 0) is 19.3 Å². The maximum Gasteiger partial charge on any atom is 0.308 e. The molecule has 1 aliphatic heterocycles. The van der Waals surface area contributed by atoms with Crippen LogP contribution < -0.4 is 5.32 Å². The normalized spacial score (nSPS) is 25.9. The van der Waals surface area contributed by atoms with Gasteiger partial charge in [-0.1, -0.05) is 13.8 Å². The number of carbonyl (C=O) groups excluding carboxylic acids is 1. The van der Waals surface area contributed by atoms with Gasteiger partial charge in [0.1, 0.15) is 0 Å². The number of carboxylic acid groups (broad SMARTS) is 1. The van der Waals surface area contributed by atoms with Crippen molar-refractivity contribution in [1.82, 2.24) is 10.2 Å². The summed E-state index contributed by atoms with van der Waals surface area (Å²) >= 11 is 0. The molecule has 1 fully saturated rings. The van der Waals surface area contributed by atoms with Crippen LogP contribution in [0.5, 0.6) is 0 Å². The van der Waals surface area contributed by atoms with E-state index in [0.717, 1.165) is 6.42 Å². The molecule has 1 amide bonds. The van der Waals surface area contributed by atoms with E-state index in [0.29, 0.717) is 25.7 Å². The number of amides is 1. The molecule has 98 valence electrons. The molecule has 1 heterocycles. The lowest BCUT2D eigenvalue weighted by Gasteiger charge is -2.18. The predicted octanol–water partition coefficient (Wildman–Crippen LogP) is 0.554. The van der Waals surface area contributed by atoms with Gasteiger partial charge in [-0.15, -0.1) is 0 Å². The number of likely N-dealkylation sites (tertiary alicyclic amines) is 1. The highest BCUT2D eigenvalue weighted by Crippen LogP contribution is 2.22. The van der Waals surface area contributed by atoms with E-state index in [-0.39, 0.29) is 11.8 Å². The largest absolute Gasteiger partial charge is 0.481 e. The number of carboxylic acids is 1. The molecule has 17 heavy (non-hydrogen) atoms. The van der Waals surface area contributed by atoms with Gasteiger partial charge in [-0.25, -0.2) is 0 Å². The molecule has 0 saturated carbocycles. The van der Waals surface area contributed by atoms with Gasteiger partial charge < -0.3 is 15.3 Å². The average Bonchev–Trinajstić information content (AvgIpc) is 2.67. The van der Waals surface area contributed by atoms with E-state index in [9.17, 15) is 9.59 Å². The molecule has 0 aromatic rings. The molecule has 3 atom stereocenters. The Kier molecular flexibility index (Phi) is 4.93. The molecule has 1 saturated heterocycles. The molecule has 0 aromatic heterocycles. The minimum atomic E-state index is -0.803. The third-order valence-electron chi connectivity index (χ3n) is 3.50. The van der Waals surface area contributed by atoms with Crippen molar-refractivity contribution in [1.29, 1.82) is 0 Å². The maximum absolute atomic E-state index is 11.8. The molecular formula is C12H22N2O3. The molecule has 0 aliphatic carbocycles. The van der Waals surface area contributed by atoms with Crippen LogP contribution in [-0.2, 0) is 9.59 Å². The van der Waals surface area contributed by atoms with Gasteiger partial charge in [-0.3, -0.25) is 9.59 Å². The first-order valence-electron chi connectivity index (χ1n) is 6.19. The highest BCUT2D eigenvalue weighted by Gasteiger charge is 2.36. The monoisotopic (exact) mass is 242 g/mol. The smallest absolute Gasteiger partial charge is 0.308 e. The molecule has 0 spiro atoms. The van der Waals surface area contributed by atoms with Crippen LogP contribution in [0.2, 0.25) is 0 Å². The van der Waals surface area contributed by atoms with E-state index in [2.05, 4.69) is 12.2 Å². The molecule has 2 N–H and O–H groups in total. The second-order valence-corrected chi connectivity index (χ2v) is 4.91. The van der Waals surface area contributed by atoms with Gasteiger partial charge >= 0.3 is 5.97 Å². The first-order chi connectivity index (χ1) is 7.95. The number of hydrogen-bond acceptors (Lipinski definition) is 3. The summed E-state index contributed by atoms with van der Waals surface area (Å²) in [6.07, 6.45) is 0.974. The molecule has 5 nitrogen and oxygen atoms in total. The predicted molar refractivity (Wildman–Crippen MR) is 64.6 cm³/mol. The molecule has 0 aromatic carbocycles. The van der Waals surface area contributed by atoms with Gasteiger partial charge in [0, 0.05) is 19.1 Å². The summed E-state index contributed by atoms with van der Waals surface area (Å²) in [5.74, 6) is -1.17. The quantitative estimate of drug-likeness (QED) is 0.739. The standard InChI is InChI=1S/C12H22N2O3/c1-4-9(3)13-5-11(15)14-6-8(2)10(7-14)12(16)17/h8-10,13H,4-7H2,1-3H3,(H,16,17)/t8-,9?,10-/m1/s1. The Hall–Kier alpha value is -1.10. The van der Waals surface area contributed by atoms with Gasteiger partial charge in [0.25, 0.3) is 0 Å². The van der Waals surface area contributed by atoms with Crippen LogP contribution in [0.3, 0.4) is 0 Å². The Bertz CT molecular complexity index is 293. The summed E-state index contributed by atoms with van der Waals surface area (Å²) in [4.78, 5) is 24.4. The van der Waals surface area contributed by atoms with Crippen LogP contribution in [0.4, 0.5) is 0 Å². The number of nitrogens with one attached hydrogen (secondary N) is 1. The SMILES string of the molecule is CCC(C)NCC(=O)N1C[C@@H](C)[C@H](C(=O)O)C1. The zero-order chi connectivity index (χ0) is 13.0. The topological polar surface area (TPSA) is 69.6 Å². The molecule has 1 unspecified atom stereocenters. The van der Waals surface area contributed by atoms with Crippen LogP contribution in [0.1, 0.15) is 27.2 Å². The van der Waals surface area contributed by atoms with Gasteiger partial charge in [0.05, 0.1) is 12.5 Å². The van der Waals surface area contributed by atoms with Crippen molar-refractivity contribution < 1.29 is 14.7 Å². The molecule has 0 bridgehead atoms. The van der Waals surface area contributed by atoms with E-state index in [4.69, 9.17) is 5.11 Å². The Balaban J connectivity index is 2.42. The highest BCUT2D eigenvalue weighted by atomic mass is 16.4. The Morgan fingerprint density at radius 1 is 1.47 bits per heavy atom. The lowest BCUT2D eigenvalue weighted by atomic mass is 9.99. The van der Waals surface area contributed by atoms with E-state index in [1.165, 1.54) is 0 Å². The van der Waals surface area contributed by atoms with Crippen LogP contribution in [0.25, 0.3) is 0 Å². The second kappa shape index (κ2) is 6.00. The minimum Gasteiger partial charge on any atom is -0.481 e. The van der Waals surface area contributed by atoms with Crippen LogP contribution in [0.15, 0.2) is 0 Å².